The van der Waals surface area contributed by atoms with Gasteiger partial charge in [-0.15, -0.1) is 0 Å². The summed E-state index contributed by atoms with van der Waals surface area (Å²) in [5.41, 5.74) is 5.42. The number of nitrogens with zero attached hydrogens (tertiary/aromatic N) is 1. The number of rotatable bonds is 6. The molecule has 2 atom stereocenters. The third-order valence-electron chi connectivity index (χ3n) is 3.20. The van der Waals surface area contributed by atoms with Gasteiger partial charge < -0.3 is 10.8 Å². The molecule has 2 unspecified atom stereocenters. The van der Waals surface area contributed by atoms with Gasteiger partial charge in [0.25, 0.3) is 0 Å². The topological polar surface area (TPSA) is 73.3 Å². The Bertz CT molecular complexity index is 208. The minimum Gasteiger partial charge on any atom is -0.396 e. The van der Waals surface area contributed by atoms with E-state index in [0.29, 0.717) is 18.5 Å². The Morgan fingerprint density at radius 1 is 1.67 bits per heavy atom. The monoisotopic (exact) mass is 213 g/mol. The van der Waals surface area contributed by atoms with Crippen molar-refractivity contribution in [1.29, 1.82) is 5.41 Å². The Balaban J connectivity index is 2.40. The van der Waals surface area contributed by atoms with E-state index < -0.39 is 0 Å². The van der Waals surface area contributed by atoms with Crippen molar-refractivity contribution in [2.24, 2.45) is 5.73 Å². The molecule has 0 aromatic rings. The highest BCUT2D eigenvalue weighted by Gasteiger charge is 2.27. The number of hydrogen-bond acceptors (Lipinski definition) is 3. The lowest BCUT2D eigenvalue weighted by Crippen LogP contribution is -2.39. The first-order valence-corrected chi connectivity index (χ1v) is 5.84. The molecule has 1 aliphatic rings. The van der Waals surface area contributed by atoms with Crippen molar-refractivity contribution in [3.63, 3.8) is 0 Å². The first-order chi connectivity index (χ1) is 7.15. The maximum absolute atomic E-state index is 8.82. The minimum atomic E-state index is 0.273. The first-order valence-electron chi connectivity index (χ1n) is 5.84. The van der Waals surface area contributed by atoms with Gasteiger partial charge in [-0.2, -0.15) is 0 Å². The molecule has 1 saturated heterocycles. The molecule has 4 nitrogen and oxygen atoms in total. The average Bonchev–Trinajstić information content (AvgIpc) is 2.61. The second-order valence-corrected chi connectivity index (χ2v) is 4.48. The second kappa shape index (κ2) is 6.08. The van der Waals surface area contributed by atoms with Crippen LogP contribution in [0.4, 0.5) is 0 Å². The van der Waals surface area contributed by atoms with E-state index in [1.807, 2.05) is 0 Å². The molecule has 0 bridgehead atoms. The molecule has 0 radical (unpaired) electrons. The molecule has 1 fully saturated rings. The van der Waals surface area contributed by atoms with Crippen LogP contribution in [0.15, 0.2) is 0 Å². The van der Waals surface area contributed by atoms with Gasteiger partial charge in [-0.25, -0.2) is 0 Å². The predicted molar refractivity (Wildman–Crippen MR) is 62.0 cm³/mol. The first kappa shape index (κ1) is 12.5. The lowest BCUT2D eigenvalue weighted by molar-refractivity contribution is 0.174. The van der Waals surface area contributed by atoms with E-state index in [0.717, 1.165) is 19.4 Å². The summed E-state index contributed by atoms with van der Waals surface area (Å²) in [5, 5.41) is 16.1. The molecular weight excluding hydrogens is 190 g/mol. The van der Waals surface area contributed by atoms with Crippen LogP contribution in [0.25, 0.3) is 0 Å². The maximum atomic E-state index is 8.82. The molecule has 0 saturated carbocycles. The van der Waals surface area contributed by atoms with E-state index in [9.17, 15) is 0 Å². The van der Waals surface area contributed by atoms with Crippen molar-refractivity contribution < 1.29 is 5.11 Å². The third-order valence-corrected chi connectivity index (χ3v) is 3.20. The Morgan fingerprint density at radius 3 is 3.00 bits per heavy atom. The van der Waals surface area contributed by atoms with Gasteiger partial charge >= 0.3 is 0 Å². The van der Waals surface area contributed by atoms with E-state index >= 15 is 0 Å². The van der Waals surface area contributed by atoms with Gasteiger partial charge in [-0.05, 0) is 39.2 Å². The molecule has 1 aliphatic heterocycles. The largest absolute Gasteiger partial charge is 0.396 e. The molecule has 15 heavy (non-hydrogen) atoms. The molecular formula is C11H23N3O. The van der Waals surface area contributed by atoms with Gasteiger partial charge in [0.1, 0.15) is 0 Å². The van der Waals surface area contributed by atoms with Gasteiger partial charge in [0.15, 0.2) is 0 Å². The van der Waals surface area contributed by atoms with E-state index in [1.54, 1.807) is 0 Å². The van der Waals surface area contributed by atoms with E-state index in [4.69, 9.17) is 16.2 Å². The third kappa shape index (κ3) is 3.80. The molecule has 88 valence electrons. The maximum Gasteiger partial charge on any atom is 0.0920 e. The Kier molecular flexibility index (Phi) is 5.05. The fourth-order valence-corrected chi connectivity index (χ4v) is 2.51. The zero-order chi connectivity index (χ0) is 11.3. The summed E-state index contributed by atoms with van der Waals surface area (Å²) in [4.78, 5) is 2.44. The second-order valence-electron chi connectivity index (χ2n) is 4.48. The Morgan fingerprint density at radius 2 is 2.40 bits per heavy atom. The van der Waals surface area contributed by atoms with Gasteiger partial charge in [-0.3, -0.25) is 10.3 Å². The normalized spacial score (nSPS) is 24.3. The van der Waals surface area contributed by atoms with Crippen molar-refractivity contribution in [2.45, 2.75) is 51.1 Å². The zero-order valence-corrected chi connectivity index (χ0v) is 9.58. The van der Waals surface area contributed by atoms with Crippen molar-refractivity contribution in [3.05, 3.63) is 0 Å². The SMILES string of the molecule is CC(CC(=N)N)N1CCCC1CCCO. The highest BCUT2D eigenvalue weighted by atomic mass is 16.2. The highest BCUT2D eigenvalue weighted by Crippen LogP contribution is 2.24. The van der Waals surface area contributed by atoms with Gasteiger partial charge in [-0.1, -0.05) is 0 Å². The summed E-state index contributed by atoms with van der Waals surface area (Å²) in [6, 6.07) is 0.959. The zero-order valence-electron chi connectivity index (χ0n) is 9.58. The molecule has 0 spiro atoms. The summed E-state index contributed by atoms with van der Waals surface area (Å²) < 4.78 is 0. The van der Waals surface area contributed by atoms with Gasteiger partial charge in [0.2, 0.25) is 0 Å². The van der Waals surface area contributed by atoms with Gasteiger partial charge in [0.05, 0.1) is 5.84 Å². The summed E-state index contributed by atoms with van der Waals surface area (Å²) in [7, 11) is 0. The van der Waals surface area contributed by atoms with Crippen LogP contribution < -0.4 is 5.73 Å². The summed E-state index contributed by atoms with van der Waals surface area (Å²) in [5.74, 6) is 0.273. The van der Waals surface area contributed by atoms with Crippen LogP contribution in [0.3, 0.4) is 0 Å². The Labute approximate surface area is 92.0 Å². The van der Waals surface area contributed by atoms with Gasteiger partial charge in [0, 0.05) is 25.1 Å². The standard InChI is InChI=1S/C11H23N3O/c1-9(8-11(12)13)14-6-2-4-10(14)5-3-7-15/h9-10,15H,2-8H2,1H3,(H3,12,13). The smallest absolute Gasteiger partial charge is 0.0920 e. The number of nitrogens with one attached hydrogen (secondary N) is 1. The quantitative estimate of drug-likeness (QED) is 0.454. The molecule has 0 amide bonds. The summed E-state index contributed by atoms with van der Waals surface area (Å²) in [6.07, 6.45) is 5.07. The number of amidine groups is 1. The van der Waals surface area contributed by atoms with Crippen LogP contribution in [0.2, 0.25) is 0 Å². The molecule has 4 N–H and O–H groups in total. The van der Waals surface area contributed by atoms with Crippen LogP contribution in [0.5, 0.6) is 0 Å². The Hall–Kier alpha value is -0.610. The lowest BCUT2D eigenvalue weighted by Gasteiger charge is -2.30. The average molecular weight is 213 g/mol. The van der Waals surface area contributed by atoms with Crippen LogP contribution in [0.1, 0.15) is 39.0 Å². The predicted octanol–water partition coefficient (Wildman–Crippen LogP) is 0.938. The molecule has 4 heteroatoms. The van der Waals surface area contributed by atoms with Crippen LogP contribution >= 0.6 is 0 Å². The minimum absolute atomic E-state index is 0.273. The number of aliphatic hydroxyl groups excluding tert-OH is 1. The fraction of sp³-hybridized carbons (Fsp3) is 0.909. The molecule has 1 rings (SSSR count). The molecule has 0 aromatic carbocycles. The van der Waals surface area contributed by atoms with E-state index in [2.05, 4.69) is 11.8 Å². The number of hydrogen-bond donors (Lipinski definition) is 3. The number of nitrogens with two attached hydrogens (primary N) is 1. The number of likely N-dealkylation sites (tertiary alicyclic amines) is 1. The van der Waals surface area contributed by atoms with Crippen molar-refractivity contribution in [3.8, 4) is 0 Å². The molecule has 0 aromatic heterocycles. The van der Waals surface area contributed by atoms with E-state index in [-0.39, 0.29) is 12.4 Å². The number of aliphatic hydroxyl groups is 1. The van der Waals surface area contributed by atoms with Crippen molar-refractivity contribution >= 4 is 5.84 Å². The van der Waals surface area contributed by atoms with Crippen LogP contribution in [-0.2, 0) is 0 Å². The van der Waals surface area contributed by atoms with Crippen LogP contribution in [-0.4, -0.2) is 41.1 Å². The fourth-order valence-electron chi connectivity index (χ4n) is 2.51. The lowest BCUT2D eigenvalue weighted by atomic mass is 10.1. The van der Waals surface area contributed by atoms with E-state index in [1.165, 1.54) is 12.8 Å². The molecule has 0 aliphatic carbocycles. The van der Waals surface area contributed by atoms with Crippen LogP contribution in [0, 0.1) is 5.41 Å². The molecule has 1 heterocycles. The summed E-state index contributed by atoms with van der Waals surface area (Å²) in [6.45, 7) is 3.54. The van der Waals surface area contributed by atoms with Crippen molar-refractivity contribution in [1.82, 2.24) is 4.90 Å². The summed E-state index contributed by atoms with van der Waals surface area (Å²) >= 11 is 0. The van der Waals surface area contributed by atoms with Crippen molar-refractivity contribution in [2.75, 3.05) is 13.2 Å². The highest BCUT2D eigenvalue weighted by molar-refractivity contribution is 5.77.